The molecule has 0 radical (unpaired) electrons. The fourth-order valence-electron chi connectivity index (χ4n) is 4.14. The van der Waals surface area contributed by atoms with Gasteiger partial charge in [0.1, 0.15) is 21.4 Å². The van der Waals surface area contributed by atoms with Crippen LogP contribution in [0.25, 0.3) is 9.92 Å². The van der Waals surface area contributed by atoms with Gasteiger partial charge < -0.3 is 0 Å². The molecule has 2 aromatic carbocycles. The first-order valence-corrected chi connectivity index (χ1v) is 14.8. The van der Waals surface area contributed by atoms with E-state index in [0.717, 1.165) is 34.0 Å². The second-order valence-corrected chi connectivity index (χ2v) is 12.1. The molecule has 0 N–H and O–H groups in total. The predicted molar refractivity (Wildman–Crippen MR) is 155 cm³/mol. The maximum absolute atomic E-state index is 12.9. The Labute approximate surface area is 244 Å². The Balaban J connectivity index is 1.08. The van der Waals surface area contributed by atoms with Crippen molar-refractivity contribution in [2.75, 3.05) is 0 Å². The van der Waals surface area contributed by atoms with Crippen LogP contribution in [0, 0.1) is 0 Å². The molecule has 40 heavy (non-hydrogen) atoms. The summed E-state index contributed by atoms with van der Waals surface area (Å²) in [5, 5.41) is 28.5. The summed E-state index contributed by atoms with van der Waals surface area (Å²) in [6.45, 7) is 0. The SMILES string of the molecule is O=c1c(Cc2ccc(Cl)cc2)nnc2sc(CCCCc3nn4c(=O)c(Cc5ccc(Cl)cc5)nnc4s3)nn12. The Morgan fingerprint density at radius 3 is 1.40 bits per heavy atom. The van der Waals surface area contributed by atoms with Crippen molar-refractivity contribution in [1.82, 2.24) is 39.6 Å². The molecule has 10 nitrogen and oxygen atoms in total. The molecule has 0 aliphatic rings. The third-order valence-corrected chi connectivity index (χ3v) is 8.62. The first kappa shape index (κ1) is 26.6. The molecule has 14 heteroatoms. The highest BCUT2D eigenvalue weighted by Gasteiger charge is 2.15. The van der Waals surface area contributed by atoms with Gasteiger partial charge in [-0.15, -0.1) is 20.4 Å². The van der Waals surface area contributed by atoms with E-state index in [2.05, 4.69) is 30.6 Å². The van der Waals surface area contributed by atoms with Gasteiger partial charge >= 0.3 is 0 Å². The number of aromatic nitrogens is 8. The number of nitrogens with zero attached hydrogens (tertiary/aromatic N) is 8. The summed E-state index contributed by atoms with van der Waals surface area (Å²) in [4.78, 5) is 26.8. The van der Waals surface area contributed by atoms with Crippen LogP contribution >= 0.6 is 45.9 Å². The summed E-state index contributed by atoms with van der Waals surface area (Å²) >= 11 is 14.6. The maximum atomic E-state index is 12.9. The Kier molecular flexibility index (Phi) is 7.65. The molecule has 6 aromatic rings. The molecule has 6 rings (SSSR count). The Morgan fingerprint density at radius 1 is 0.600 bits per heavy atom. The quantitative estimate of drug-likeness (QED) is 0.220. The minimum Gasteiger partial charge on any atom is -0.265 e. The van der Waals surface area contributed by atoms with Crippen LogP contribution in [-0.2, 0) is 25.7 Å². The number of unbranched alkanes of at least 4 members (excludes halogenated alkanes) is 1. The molecule has 4 heterocycles. The third-order valence-electron chi connectivity index (χ3n) is 6.20. The lowest BCUT2D eigenvalue weighted by molar-refractivity contribution is 0.699. The van der Waals surface area contributed by atoms with Gasteiger partial charge in [0.05, 0.1) is 0 Å². The largest absolute Gasteiger partial charge is 0.297 e. The second kappa shape index (κ2) is 11.5. The summed E-state index contributed by atoms with van der Waals surface area (Å²) < 4.78 is 2.66. The minimum atomic E-state index is -0.265. The van der Waals surface area contributed by atoms with Crippen molar-refractivity contribution in [3.8, 4) is 0 Å². The number of hydrogen-bond acceptors (Lipinski definition) is 10. The zero-order valence-electron chi connectivity index (χ0n) is 20.8. The molecule has 0 unspecified atom stereocenters. The summed E-state index contributed by atoms with van der Waals surface area (Å²) in [7, 11) is 0. The smallest absolute Gasteiger partial charge is 0.265 e. The molecule has 0 saturated carbocycles. The van der Waals surface area contributed by atoms with E-state index in [0.29, 0.717) is 57.0 Å². The molecule has 0 saturated heterocycles. The van der Waals surface area contributed by atoms with Gasteiger partial charge in [0.2, 0.25) is 9.92 Å². The van der Waals surface area contributed by atoms with Crippen LogP contribution in [-0.4, -0.2) is 39.6 Å². The van der Waals surface area contributed by atoms with E-state index in [-0.39, 0.29) is 11.1 Å². The van der Waals surface area contributed by atoms with Crippen molar-refractivity contribution < 1.29 is 0 Å². The monoisotopic (exact) mass is 610 g/mol. The standard InChI is InChI=1S/C26H20Cl2N8O2S2/c27-17-9-5-15(6-10-17)13-19-23(37)35-25(31-29-19)39-21(33-35)3-1-2-4-22-34-36-24(38)20(30-32-26(36)40-22)14-16-7-11-18(28)12-8-16/h5-12H,1-4,13-14H2. The van der Waals surface area contributed by atoms with Gasteiger partial charge in [0.25, 0.3) is 11.1 Å². The number of hydrogen-bond donors (Lipinski definition) is 0. The molecule has 0 atom stereocenters. The number of benzene rings is 2. The fourth-order valence-corrected chi connectivity index (χ4v) is 6.14. The predicted octanol–water partition coefficient (Wildman–Crippen LogP) is 4.46. The molecule has 202 valence electrons. The van der Waals surface area contributed by atoms with Crippen molar-refractivity contribution >= 4 is 55.8 Å². The summed E-state index contributed by atoms with van der Waals surface area (Å²) in [6.07, 6.45) is 3.76. The number of fused-ring (bicyclic) bond motifs is 2. The maximum Gasteiger partial charge on any atom is 0.297 e. The molecule has 4 aromatic heterocycles. The molecular formula is C26H20Cl2N8O2S2. The molecule has 0 bridgehead atoms. The molecule has 0 amide bonds. The van der Waals surface area contributed by atoms with E-state index in [1.165, 1.54) is 31.7 Å². The fraction of sp³-hybridized carbons (Fsp3) is 0.231. The van der Waals surface area contributed by atoms with Crippen LogP contribution in [0.2, 0.25) is 10.0 Å². The van der Waals surface area contributed by atoms with E-state index in [9.17, 15) is 9.59 Å². The summed E-state index contributed by atoms with van der Waals surface area (Å²) in [6, 6.07) is 14.6. The van der Waals surface area contributed by atoms with Crippen LogP contribution in [0.5, 0.6) is 0 Å². The van der Waals surface area contributed by atoms with Gasteiger partial charge in [-0.2, -0.15) is 19.2 Å². The zero-order valence-corrected chi connectivity index (χ0v) is 24.0. The van der Waals surface area contributed by atoms with Crippen molar-refractivity contribution in [3.05, 3.63) is 112 Å². The first-order valence-electron chi connectivity index (χ1n) is 12.4. The zero-order chi connectivity index (χ0) is 27.6. The van der Waals surface area contributed by atoms with E-state index in [1.54, 1.807) is 24.3 Å². The van der Waals surface area contributed by atoms with Crippen LogP contribution < -0.4 is 11.1 Å². The van der Waals surface area contributed by atoms with E-state index in [1.807, 2.05) is 24.3 Å². The highest BCUT2D eigenvalue weighted by Crippen LogP contribution is 2.18. The normalized spacial score (nSPS) is 11.6. The topological polar surface area (TPSA) is 120 Å². The molecule has 0 fully saturated rings. The average molecular weight is 612 g/mol. The van der Waals surface area contributed by atoms with Gasteiger partial charge in [-0.25, -0.2) is 0 Å². The first-order chi connectivity index (χ1) is 19.4. The number of rotatable bonds is 9. The average Bonchev–Trinajstić information content (AvgIpc) is 3.57. The van der Waals surface area contributed by atoms with Gasteiger partial charge in [-0.05, 0) is 48.2 Å². The van der Waals surface area contributed by atoms with Crippen molar-refractivity contribution in [1.29, 1.82) is 0 Å². The van der Waals surface area contributed by atoms with Crippen LogP contribution in [0.15, 0.2) is 58.1 Å². The van der Waals surface area contributed by atoms with E-state index < -0.39 is 0 Å². The van der Waals surface area contributed by atoms with Crippen LogP contribution in [0.1, 0.15) is 45.4 Å². The molecule has 0 aliphatic heterocycles. The second-order valence-electron chi connectivity index (χ2n) is 9.10. The van der Waals surface area contributed by atoms with Crippen LogP contribution in [0.3, 0.4) is 0 Å². The minimum absolute atomic E-state index is 0.265. The van der Waals surface area contributed by atoms with E-state index in [4.69, 9.17) is 23.2 Å². The van der Waals surface area contributed by atoms with Crippen molar-refractivity contribution in [3.63, 3.8) is 0 Å². The van der Waals surface area contributed by atoms with Crippen molar-refractivity contribution in [2.45, 2.75) is 38.5 Å². The molecule has 0 spiro atoms. The van der Waals surface area contributed by atoms with E-state index >= 15 is 0 Å². The Bertz CT molecular complexity index is 1790. The Morgan fingerprint density at radius 2 is 1.00 bits per heavy atom. The van der Waals surface area contributed by atoms with Crippen molar-refractivity contribution in [2.24, 2.45) is 0 Å². The highest BCUT2D eigenvalue weighted by atomic mass is 35.5. The lowest BCUT2D eigenvalue weighted by Crippen LogP contribution is -2.22. The van der Waals surface area contributed by atoms with Gasteiger partial charge in [-0.1, -0.05) is 70.1 Å². The Hall–Kier alpha value is -3.58. The number of halogens is 2. The lowest BCUT2D eigenvalue weighted by Gasteiger charge is -2.00. The van der Waals surface area contributed by atoms with Crippen LogP contribution in [0.4, 0.5) is 0 Å². The molecule has 0 aliphatic carbocycles. The van der Waals surface area contributed by atoms with Gasteiger partial charge in [0.15, 0.2) is 0 Å². The number of aryl methyl sites for hydroxylation is 2. The summed E-state index contributed by atoms with van der Waals surface area (Å²) in [5.74, 6) is 0. The van der Waals surface area contributed by atoms with Gasteiger partial charge in [-0.3, -0.25) is 9.59 Å². The molecular weight excluding hydrogens is 591 g/mol. The lowest BCUT2D eigenvalue weighted by atomic mass is 10.1. The third kappa shape index (κ3) is 5.80. The summed E-state index contributed by atoms with van der Waals surface area (Å²) in [5.41, 5.74) is 1.99. The highest BCUT2D eigenvalue weighted by molar-refractivity contribution is 7.16. The van der Waals surface area contributed by atoms with Gasteiger partial charge in [0, 0.05) is 35.7 Å².